The molecule has 0 amide bonds. The van der Waals surface area contributed by atoms with E-state index in [1.165, 1.54) is 6.07 Å². The highest BCUT2D eigenvalue weighted by atomic mass is 19.4. The van der Waals surface area contributed by atoms with Crippen LogP contribution in [-0.2, 0) is 12.6 Å². The van der Waals surface area contributed by atoms with Gasteiger partial charge in [-0.1, -0.05) is 54.2 Å². The third-order valence-corrected chi connectivity index (χ3v) is 4.63. The Kier molecular flexibility index (Phi) is 4.62. The van der Waals surface area contributed by atoms with Gasteiger partial charge in [0.15, 0.2) is 5.69 Å². The number of fused-ring (bicyclic) bond motifs is 1. The summed E-state index contributed by atoms with van der Waals surface area (Å²) in [6, 6.07) is 16.0. The number of hydrogen-bond acceptors (Lipinski definition) is 5. The van der Waals surface area contributed by atoms with Gasteiger partial charge in [-0.25, -0.2) is 0 Å². The quantitative estimate of drug-likeness (QED) is 0.670. The van der Waals surface area contributed by atoms with Crippen molar-refractivity contribution in [3.63, 3.8) is 0 Å². The lowest BCUT2D eigenvalue weighted by atomic mass is 10.0. The largest absolute Gasteiger partial charge is 0.507 e. The molecule has 0 radical (unpaired) electrons. The van der Waals surface area contributed by atoms with E-state index in [4.69, 9.17) is 4.52 Å². The molecule has 1 aromatic heterocycles. The van der Waals surface area contributed by atoms with Crippen molar-refractivity contribution < 1.29 is 22.8 Å². The Morgan fingerprint density at radius 3 is 2.41 bits per heavy atom. The summed E-state index contributed by atoms with van der Waals surface area (Å²) < 4.78 is 45.0. The number of aromatic hydroxyl groups is 1. The van der Waals surface area contributed by atoms with Crippen LogP contribution in [0.4, 0.5) is 19.1 Å². The maximum Gasteiger partial charge on any atom is 0.437 e. The highest BCUT2D eigenvalue weighted by Gasteiger charge is 2.43. The molecule has 2 heterocycles. The van der Waals surface area contributed by atoms with Crippen LogP contribution in [0.2, 0.25) is 0 Å². The van der Waals surface area contributed by atoms with Crippen LogP contribution < -0.4 is 0 Å². The van der Waals surface area contributed by atoms with Crippen molar-refractivity contribution >= 4 is 17.4 Å². The molecular weight excluding hydrogens is 383 g/mol. The number of aromatic nitrogens is 1. The zero-order chi connectivity index (χ0) is 20.6. The van der Waals surface area contributed by atoms with Crippen LogP contribution in [0.15, 0.2) is 70.7 Å². The zero-order valence-corrected chi connectivity index (χ0v) is 15.1. The van der Waals surface area contributed by atoms with Gasteiger partial charge in [0.1, 0.15) is 11.6 Å². The van der Waals surface area contributed by atoms with E-state index in [0.717, 1.165) is 5.56 Å². The first-order valence-electron chi connectivity index (χ1n) is 8.81. The first kappa shape index (κ1) is 18.8. The van der Waals surface area contributed by atoms with Crippen molar-refractivity contribution in [2.45, 2.75) is 12.6 Å². The second-order valence-electron chi connectivity index (χ2n) is 6.50. The predicted octanol–water partition coefficient (Wildman–Crippen LogP) is 5.01. The summed E-state index contributed by atoms with van der Waals surface area (Å²) >= 11 is 0. The topological polar surface area (TPSA) is 61.9 Å². The fourth-order valence-corrected chi connectivity index (χ4v) is 3.23. The zero-order valence-electron chi connectivity index (χ0n) is 15.1. The summed E-state index contributed by atoms with van der Waals surface area (Å²) in [5.41, 5.74) is -0.0220. The lowest BCUT2D eigenvalue weighted by Gasteiger charge is -2.31. The molecule has 0 saturated heterocycles. The normalized spacial score (nSPS) is 14.0. The number of rotatable bonds is 4. The molecule has 0 atom stereocenters. The molecule has 1 aliphatic heterocycles. The van der Waals surface area contributed by atoms with E-state index in [9.17, 15) is 18.3 Å². The van der Waals surface area contributed by atoms with Crippen molar-refractivity contribution in [1.82, 2.24) is 10.1 Å². The van der Waals surface area contributed by atoms with E-state index in [1.54, 1.807) is 23.1 Å². The highest BCUT2D eigenvalue weighted by Crippen LogP contribution is 2.43. The van der Waals surface area contributed by atoms with E-state index in [-0.39, 0.29) is 28.7 Å². The summed E-state index contributed by atoms with van der Waals surface area (Å²) in [5.74, 6) is -0.0827. The number of hydrogen-bond donors (Lipinski definition) is 1. The van der Waals surface area contributed by atoms with Crippen LogP contribution in [-0.4, -0.2) is 27.5 Å². The molecule has 0 unspecified atom stereocenters. The standard InChI is InChI=1S/C21H16F3N3O2/c1-13-17-18(21(22,23)24)26-29-20(17)25-19(15-9-5-6-10-16(15)28)27(13)12-11-14-7-3-2-4-8-14/h2-10,28H,1,11-12H2. The Hall–Kier alpha value is -3.55. The molecule has 148 valence electrons. The first-order valence-corrected chi connectivity index (χ1v) is 8.81. The number of phenols is 1. The Morgan fingerprint density at radius 2 is 1.72 bits per heavy atom. The first-order chi connectivity index (χ1) is 13.9. The minimum absolute atomic E-state index is 0.0530. The minimum Gasteiger partial charge on any atom is -0.507 e. The molecule has 5 nitrogen and oxygen atoms in total. The Balaban J connectivity index is 1.79. The van der Waals surface area contributed by atoms with E-state index in [2.05, 4.69) is 16.7 Å². The summed E-state index contributed by atoms with van der Waals surface area (Å²) in [4.78, 5) is 5.80. The second kappa shape index (κ2) is 7.12. The Morgan fingerprint density at radius 1 is 1.03 bits per heavy atom. The molecule has 2 aromatic carbocycles. The highest BCUT2D eigenvalue weighted by molar-refractivity contribution is 6.08. The summed E-state index contributed by atoms with van der Waals surface area (Å²) in [6.45, 7) is 4.17. The van der Waals surface area contributed by atoms with Crippen molar-refractivity contribution in [3.05, 3.63) is 83.6 Å². The minimum atomic E-state index is -4.70. The Bertz CT molecular complexity index is 1090. The van der Waals surface area contributed by atoms with Gasteiger partial charge in [0.2, 0.25) is 0 Å². The molecule has 1 aliphatic rings. The van der Waals surface area contributed by atoms with Crippen molar-refractivity contribution in [1.29, 1.82) is 0 Å². The third kappa shape index (κ3) is 3.49. The SMILES string of the molecule is C=C1c2c(C(F)(F)F)noc2N=C(c2ccccc2O)N1CCc1ccccc1. The summed E-state index contributed by atoms with van der Waals surface area (Å²) in [7, 11) is 0. The summed E-state index contributed by atoms with van der Waals surface area (Å²) in [6.07, 6.45) is -4.17. The van der Waals surface area contributed by atoms with Crippen LogP contribution in [0, 0.1) is 0 Å². The number of amidine groups is 1. The Labute approximate surface area is 164 Å². The van der Waals surface area contributed by atoms with Gasteiger partial charge in [0.05, 0.1) is 16.8 Å². The maximum absolute atomic E-state index is 13.4. The lowest BCUT2D eigenvalue weighted by Crippen LogP contribution is -2.34. The van der Waals surface area contributed by atoms with Crippen LogP contribution in [0.3, 0.4) is 0 Å². The molecule has 4 rings (SSSR count). The number of nitrogens with zero attached hydrogens (tertiary/aromatic N) is 3. The predicted molar refractivity (Wildman–Crippen MR) is 102 cm³/mol. The molecule has 0 fully saturated rings. The van der Waals surface area contributed by atoms with Crippen LogP contribution in [0.5, 0.6) is 5.75 Å². The number of alkyl halides is 3. The van der Waals surface area contributed by atoms with E-state index in [0.29, 0.717) is 18.5 Å². The maximum atomic E-state index is 13.4. The summed E-state index contributed by atoms with van der Waals surface area (Å²) in [5, 5.41) is 13.4. The van der Waals surface area contributed by atoms with E-state index >= 15 is 0 Å². The van der Waals surface area contributed by atoms with Gasteiger partial charge in [0, 0.05) is 6.54 Å². The van der Waals surface area contributed by atoms with Gasteiger partial charge in [-0.2, -0.15) is 18.2 Å². The van der Waals surface area contributed by atoms with Gasteiger partial charge in [-0.15, -0.1) is 0 Å². The molecular formula is C21H16F3N3O2. The number of benzene rings is 2. The number of aliphatic imine (C=N–C) groups is 1. The van der Waals surface area contributed by atoms with Gasteiger partial charge in [-0.3, -0.25) is 0 Å². The fraction of sp³-hybridized carbons (Fsp3) is 0.143. The van der Waals surface area contributed by atoms with Gasteiger partial charge < -0.3 is 14.5 Å². The second-order valence-corrected chi connectivity index (χ2v) is 6.50. The van der Waals surface area contributed by atoms with Crippen molar-refractivity contribution in [2.24, 2.45) is 4.99 Å². The average Bonchev–Trinajstić information content (AvgIpc) is 3.13. The van der Waals surface area contributed by atoms with E-state index < -0.39 is 11.9 Å². The number of halogens is 3. The smallest absolute Gasteiger partial charge is 0.437 e. The fourth-order valence-electron chi connectivity index (χ4n) is 3.23. The molecule has 0 aliphatic carbocycles. The molecule has 1 N–H and O–H groups in total. The lowest BCUT2D eigenvalue weighted by molar-refractivity contribution is -0.142. The van der Waals surface area contributed by atoms with Gasteiger partial charge in [0.25, 0.3) is 5.88 Å². The monoisotopic (exact) mass is 399 g/mol. The van der Waals surface area contributed by atoms with E-state index in [1.807, 2.05) is 30.3 Å². The third-order valence-electron chi connectivity index (χ3n) is 4.63. The molecule has 0 spiro atoms. The van der Waals surface area contributed by atoms with Crippen molar-refractivity contribution in [2.75, 3.05) is 6.54 Å². The molecule has 0 saturated carbocycles. The van der Waals surface area contributed by atoms with Crippen LogP contribution >= 0.6 is 0 Å². The number of phenolic OH excluding ortho intramolecular Hbond substituents is 1. The van der Waals surface area contributed by atoms with Gasteiger partial charge >= 0.3 is 6.18 Å². The van der Waals surface area contributed by atoms with Crippen LogP contribution in [0.1, 0.15) is 22.4 Å². The molecule has 29 heavy (non-hydrogen) atoms. The average molecular weight is 399 g/mol. The van der Waals surface area contributed by atoms with Crippen molar-refractivity contribution in [3.8, 4) is 5.75 Å². The van der Waals surface area contributed by atoms with Crippen LogP contribution in [0.25, 0.3) is 5.70 Å². The molecule has 0 bridgehead atoms. The molecule has 8 heteroatoms. The number of para-hydroxylation sites is 1. The molecule has 3 aromatic rings. The van der Waals surface area contributed by atoms with Gasteiger partial charge in [-0.05, 0) is 24.1 Å².